The van der Waals surface area contributed by atoms with Crippen molar-refractivity contribution < 1.29 is 9.59 Å². The normalized spacial score (nSPS) is 12.8. The van der Waals surface area contributed by atoms with E-state index in [1.54, 1.807) is 0 Å². The lowest BCUT2D eigenvalue weighted by Crippen LogP contribution is -2.28. The van der Waals surface area contributed by atoms with Crippen LogP contribution in [0.1, 0.15) is 54.8 Å². The molecule has 3 rings (SSSR count). The van der Waals surface area contributed by atoms with E-state index < -0.39 is 5.41 Å². The second-order valence-electron chi connectivity index (χ2n) is 7.51. The Morgan fingerprint density at radius 1 is 1.22 bits per heavy atom. The predicted molar refractivity (Wildman–Crippen MR) is 106 cm³/mol. The summed E-state index contributed by atoms with van der Waals surface area (Å²) >= 11 is 1.27. The summed E-state index contributed by atoms with van der Waals surface area (Å²) in [6.07, 6.45) is 1.86. The molecule has 0 unspecified atom stereocenters. The maximum absolute atomic E-state index is 12.7. The number of anilines is 1. The van der Waals surface area contributed by atoms with Crippen LogP contribution < -0.4 is 10.6 Å². The zero-order chi connectivity index (χ0) is 19.8. The highest BCUT2D eigenvalue weighted by molar-refractivity contribution is 7.18. The van der Waals surface area contributed by atoms with E-state index in [-0.39, 0.29) is 17.9 Å². The lowest BCUT2D eigenvalue weighted by molar-refractivity contribution is -0.123. The highest BCUT2D eigenvalue weighted by Crippen LogP contribution is 2.29. The molecule has 0 radical (unpaired) electrons. The number of nitrogens with zero attached hydrogens (tertiary/aromatic N) is 3. The smallest absolute Gasteiger partial charge is 0.262 e. The molecule has 0 aliphatic carbocycles. The minimum absolute atomic E-state index is 0.0843. The van der Waals surface area contributed by atoms with Crippen molar-refractivity contribution in [3.8, 4) is 0 Å². The van der Waals surface area contributed by atoms with Gasteiger partial charge in [-0.25, -0.2) is 0 Å². The predicted octanol–water partition coefficient (Wildman–Crippen LogP) is 3.57. The fourth-order valence-corrected chi connectivity index (χ4v) is 3.52. The molecule has 0 spiro atoms. The van der Waals surface area contributed by atoms with Gasteiger partial charge in [-0.3, -0.25) is 14.0 Å². The first-order chi connectivity index (χ1) is 12.7. The Hall–Kier alpha value is -2.74. The van der Waals surface area contributed by atoms with Crippen molar-refractivity contribution in [3.05, 3.63) is 46.7 Å². The third-order valence-electron chi connectivity index (χ3n) is 4.12. The number of carbonyl (C=O) groups is 2. The minimum atomic E-state index is -0.496. The SMILES string of the molecule is Cc1cc(NC(=O)C(C)(C)C)sc1C(=O)N[C@@H](C)c1nnc2ccccn12. The zero-order valence-electron chi connectivity index (χ0n) is 16.0. The Bertz CT molecular complexity index is 999. The van der Waals surface area contributed by atoms with Gasteiger partial charge in [0.1, 0.15) is 0 Å². The Morgan fingerprint density at radius 3 is 2.67 bits per heavy atom. The molecule has 1 atom stereocenters. The first-order valence-corrected chi connectivity index (χ1v) is 9.51. The lowest BCUT2D eigenvalue weighted by Gasteiger charge is -2.16. The van der Waals surface area contributed by atoms with E-state index in [0.29, 0.717) is 15.7 Å². The van der Waals surface area contributed by atoms with Crippen LogP contribution in [0.3, 0.4) is 0 Å². The van der Waals surface area contributed by atoms with Crippen LogP contribution in [-0.2, 0) is 4.79 Å². The fraction of sp³-hybridized carbons (Fsp3) is 0.368. The number of rotatable bonds is 4. The van der Waals surface area contributed by atoms with Crippen molar-refractivity contribution in [1.29, 1.82) is 0 Å². The van der Waals surface area contributed by atoms with Crippen LogP contribution in [0.2, 0.25) is 0 Å². The zero-order valence-corrected chi connectivity index (χ0v) is 16.8. The quantitative estimate of drug-likeness (QED) is 0.718. The van der Waals surface area contributed by atoms with E-state index in [1.807, 2.05) is 69.5 Å². The van der Waals surface area contributed by atoms with Gasteiger partial charge in [-0.1, -0.05) is 26.8 Å². The number of amides is 2. The second kappa shape index (κ2) is 7.11. The van der Waals surface area contributed by atoms with Crippen LogP contribution in [0.5, 0.6) is 0 Å². The molecule has 142 valence electrons. The summed E-state index contributed by atoms with van der Waals surface area (Å²) < 4.78 is 1.85. The first-order valence-electron chi connectivity index (χ1n) is 8.69. The van der Waals surface area contributed by atoms with Crippen LogP contribution in [0.15, 0.2) is 30.5 Å². The molecule has 0 fully saturated rings. The molecule has 3 aromatic rings. The van der Waals surface area contributed by atoms with E-state index in [4.69, 9.17) is 0 Å². The van der Waals surface area contributed by atoms with Gasteiger partial charge in [-0.05, 0) is 37.6 Å². The van der Waals surface area contributed by atoms with Gasteiger partial charge >= 0.3 is 0 Å². The molecule has 27 heavy (non-hydrogen) atoms. The third kappa shape index (κ3) is 4.00. The largest absolute Gasteiger partial charge is 0.342 e. The Morgan fingerprint density at radius 2 is 1.96 bits per heavy atom. The number of aryl methyl sites for hydroxylation is 1. The Labute approximate surface area is 161 Å². The number of carbonyl (C=O) groups excluding carboxylic acids is 2. The summed E-state index contributed by atoms with van der Waals surface area (Å²) in [7, 11) is 0. The summed E-state index contributed by atoms with van der Waals surface area (Å²) in [5.41, 5.74) is 1.05. The highest BCUT2D eigenvalue weighted by Gasteiger charge is 2.24. The third-order valence-corrected chi connectivity index (χ3v) is 5.27. The molecule has 2 amide bonds. The van der Waals surface area contributed by atoms with Crippen LogP contribution in [0, 0.1) is 12.3 Å². The summed E-state index contributed by atoms with van der Waals surface area (Å²) in [4.78, 5) is 25.5. The molecule has 8 heteroatoms. The molecule has 2 N–H and O–H groups in total. The molecule has 0 aromatic carbocycles. The second-order valence-corrected chi connectivity index (χ2v) is 8.56. The van der Waals surface area contributed by atoms with Crippen molar-refractivity contribution in [1.82, 2.24) is 19.9 Å². The highest BCUT2D eigenvalue weighted by atomic mass is 32.1. The summed E-state index contributed by atoms with van der Waals surface area (Å²) in [6.45, 7) is 9.27. The molecule has 0 bridgehead atoms. The van der Waals surface area contributed by atoms with Crippen LogP contribution in [0.25, 0.3) is 5.65 Å². The Balaban J connectivity index is 1.75. The molecule has 3 heterocycles. The van der Waals surface area contributed by atoms with E-state index in [2.05, 4.69) is 20.8 Å². The van der Waals surface area contributed by atoms with Gasteiger partial charge in [0.05, 0.1) is 15.9 Å². The van der Waals surface area contributed by atoms with Gasteiger partial charge in [0.15, 0.2) is 11.5 Å². The van der Waals surface area contributed by atoms with E-state index >= 15 is 0 Å². The first kappa shape index (κ1) is 19.0. The molecule has 0 saturated heterocycles. The van der Waals surface area contributed by atoms with Gasteiger partial charge in [0.2, 0.25) is 5.91 Å². The number of thiophene rings is 1. The average molecular weight is 385 g/mol. The van der Waals surface area contributed by atoms with Crippen LogP contribution in [-0.4, -0.2) is 26.4 Å². The number of fused-ring (bicyclic) bond motifs is 1. The van der Waals surface area contributed by atoms with Gasteiger partial charge in [-0.2, -0.15) is 0 Å². The van der Waals surface area contributed by atoms with Gasteiger partial charge in [0.25, 0.3) is 5.91 Å². The van der Waals surface area contributed by atoms with Gasteiger partial charge in [0, 0.05) is 11.6 Å². The van der Waals surface area contributed by atoms with Crippen LogP contribution >= 0.6 is 11.3 Å². The fourth-order valence-electron chi connectivity index (χ4n) is 2.55. The van der Waals surface area contributed by atoms with Crippen molar-refractivity contribution in [2.45, 2.75) is 40.7 Å². The summed E-state index contributed by atoms with van der Waals surface area (Å²) in [5, 5.41) is 14.8. The number of hydrogen-bond acceptors (Lipinski definition) is 5. The number of aromatic nitrogens is 3. The summed E-state index contributed by atoms with van der Waals surface area (Å²) in [6, 6.07) is 7.14. The van der Waals surface area contributed by atoms with E-state index in [1.165, 1.54) is 11.3 Å². The topological polar surface area (TPSA) is 88.4 Å². The minimum Gasteiger partial charge on any atom is -0.342 e. The van der Waals surface area contributed by atoms with Crippen LogP contribution in [0.4, 0.5) is 5.00 Å². The molecule has 3 aromatic heterocycles. The van der Waals surface area contributed by atoms with E-state index in [0.717, 1.165) is 11.2 Å². The molecular weight excluding hydrogens is 362 g/mol. The summed E-state index contributed by atoms with van der Waals surface area (Å²) in [5.74, 6) is 0.377. The monoisotopic (exact) mass is 385 g/mol. The van der Waals surface area contributed by atoms with Crippen molar-refractivity contribution in [2.75, 3.05) is 5.32 Å². The molecule has 0 aliphatic rings. The van der Waals surface area contributed by atoms with Crippen molar-refractivity contribution in [2.24, 2.45) is 5.41 Å². The molecule has 7 nitrogen and oxygen atoms in total. The Kier molecular flexibility index (Phi) is 5.01. The average Bonchev–Trinajstić information content (AvgIpc) is 3.17. The maximum Gasteiger partial charge on any atom is 0.262 e. The lowest BCUT2D eigenvalue weighted by atomic mass is 9.96. The maximum atomic E-state index is 12.7. The number of pyridine rings is 1. The molecular formula is C19H23N5O2S. The van der Waals surface area contributed by atoms with Gasteiger partial charge < -0.3 is 10.6 Å². The molecule has 0 aliphatic heterocycles. The number of nitrogens with one attached hydrogen (secondary N) is 2. The number of hydrogen-bond donors (Lipinski definition) is 2. The standard InChI is InChI=1S/C19H23N5O2S/c1-11-10-14(21-18(26)19(3,4)5)27-15(11)17(25)20-12(2)16-23-22-13-8-6-7-9-24(13)16/h6-10,12H,1-5H3,(H,20,25)(H,21,26)/t12-/m0/s1. The van der Waals surface area contributed by atoms with Crippen molar-refractivity contribution >= 4 is 33.8 Å². The van der Waals surface area contributed by atoms with Gasteiger partial charge in [-0.15, -0.1) is 21.5 Å². The van der Waals surface area contributed by atoms with Crippen molar-refractivity contribution in [3.63, 3.8) is 0 Å². The molecule has 0 saturated carbocycles. The van der Waals surface area contributed by atoms with E-state index in [9.17, 15) is 9.59 Å².